The summed E-state index contributed by atoms with van der Waals surface area (Å²) >= 11 is 0. The zero-order valence-electron chi connectivity index (χ0n) is 11.4. The molecular formula is C19H15N. The standard InChI is InChI=1S/C19H15N/c1-14-6-4-8-15(12-14)17-13-16-7-2-3-9-18(16)20-11-5-10-19(17)20/h2-13H,1H3. The molecule has 0 N–H and O–H groups in total. The van der Waals surface area contributed by atoms with Gasteiger partial charge >= 0.3 is 0 Å². The first-order chi connectivity index (χ1) is 9.83. The van der Waals surface area contributed by atoms with Crippen molar-refractivity contribution in [3.63, 3.8) is 0 Å². The number of benzene rings is 2. The van der Waals surface area contributed by atoms with Crippen LogP contribution in [0.5, 0.6) is 0 Å². The number of pyridine rings is 1. The largest absolute Gasteiger partial charge is 0.316 e. The van der Waals surface area contributed by atoms with E-state index in [1.807, 2.05) is 0 Å². The second-order valence-electron chi connectivity index (χ2n) is 5.25. The number of para-hydroxylation sites is 1. The molecule has 4 rings (SSSR count). The van der Waals surface area contributed by atoms with Crippen molar-refractivity contribution in [3.05, 3.63) is 78.5 Å². The molecule has 0 saturated carbocycles. The molecule has 2 heterocycles. The molecule has 0 amide bonds. The van der Waals surface area contributed by atoms with Crippen LogP contribution < -0.4 is 0 Å². The van der Waals surface area contributed by atoms with Crippen LogP contribution in [0.15, 0.2) is 72.9 Å². The van der Waals surface area contributed by atoms with Gasteiger partial charge in [0.2, 0.25) is 0 Å². The molecule has 2 aromatic carbocycles. The first-order valence-electron chi connectivity index (χ1n) is 6.89. The summed E-state index contributed by atoms with van der Waals surface area (Å²) in [5.41, 5.74) is 6.37. The van der Waals surface area contributed by atoms with Crippen LogP contribution in [0.1, 0.15) is 5.56 Å². The summed E-state index contributed by atoms with van der Waals surface area (Å²) in [6.07, 6.45) is 2.14. The number of nitrogens with zero attached hydrogens (tertiary/aromatic N) is 1. The Hall–Kier alpha value is -2.54. The van der Waals surface area contributed by atoms with E-state index in [9.17, 15) is 0 Å². The van der Waals surface area contributed by atoms with E-state index in [0.717, 1.165) is 0 Å². The molecular weight excluding hydrogens is 242 g/mol. The van der Waals surface area contributed by atoms with Crippen molar-refractivity contribution in [1.29, 1.82) is 0 Å². The summed E-state index contributed by atoms with van der Waals surface area (Å²) in [6.45, 7) is 2.14. The lowest BCUT2D eigenvalue weighted by molar-refractivity contribution is 1.27. The maximum Gasteiger partial charge on any atom is 0.0534 e. The van der Waals surface area contributed by atoms with Gasteiger partial charge in [0, 0.05) is 11.8 Å². The lowest BCUT2D eigenvalue weighted by Crippen LogP contribution is -1.90. The second-order valence-corrected chi connectivity index (χ2v) is 5.25. The predicted octanol–water partition coefficient (Wildman–Crippen LogP) is 5.07. The third kappa shape index (κ3) is 1.64. The Morgan fingerprint density at radius 2 is 1.60 bits per heavy atom. The van der Waals surface area contributed by atoms with Gasteiger partial charge in [-0.1, -0.05) is 48.0 Å². The van der Waals surface area contributed by atoms with Crippen molar-refractivity contribution in [3.8, 4) is 11.1 Å². The van der Waals surface area contributed by atoms with Crippen LogP contribution in [-0.2, 0) is 0 Å². The summed E-state index contributed by atoms with van der Waals surface area (Å²) in [6, 6.07) is 23.8. The fourth-order valence-electron chi connectivity index (χ4n) is 2.91. The first kappa shape index (κ1) is 11.3. The van der Waals surface area contributed by atoms with Crippen LogP contribution in [0.3, 0.4) is 0 Å². The van der Waals surface area contributed by atoms with Crippen LogP contribution in [0.25, 0.3) is 27.5 Å². The van der Waals surface area contributed by atoms with E-state index < -0.39 is 0 Å². The van der Waals surface area contributed by atoms with Crippen molar-refractivity contribution >= 4 is 16.4 Å². The summed E-state index contributed by atoms with van der Waals surface area (Å²) < 4.78 is 2.27. The molecule has 0 bridgehead atoms. The van der Waals surface area contributed by atoms with Crippen LogP contribution in [-0.4, -0.2) is 4.40 Å². The van der Waals surface area contributed by atoms with Gasteiger partial charge in [-0.05, 0) is 42.1 Å². The molecule has 0 aliphatic heterocycles. The number of hydrogen-bond donors (Lipinski definition) is 0. The molecule has 0 radical (unpaired) electrons. The molecule has 0 unspecified atom stereocenters. The van der Waals surface area contributed by atoms with Gasteiger partial charge < -0.3 is 4.40 Å². The predicted molar refractivity (Wildman–Crippen MR) is 85.1 cm³/mol. The molecule has 0 saturated heterocycles. The topological polar surface area (TPSA) is 4.41 Å². The number of aryl methyl sites for hydroxylation is 1. The smallest absolute Gasteiger partial charge is 0.0534 e. The summed E-state index contributed by atoms with van der Waals surface area (Å²) in [7, 11) is 0. The van der Waals surface area contributed by atoms with Gasteiger partial charge in [-0.3, -0.25) is 0 Å². The molecule has 1 nitrogen and oxygen atoms in total. The highest BCUT2D eigenvalue weighted by Gasteiger charge is 2.07. The first-order valence-corrected chi connectivity index (χ1v) is 6.89. The molecule has 0 aliphatic carbocycles. The Morgan fingerprint density at radius 1 is 0.750 bits per heavy atom. The number of fused-ring (bicyclic) bond motifs is 3. The summed E-state index contributed by atoms with van der Waals surface area (Å²) in [5.74, 6) is 0. The lowest BCUT2D eigenvalue weighted by atomic mass is 10.0. The second kappa shape index (κ2) is 4.24. The fraction of sp³-hybridized carbons (Fsp3) is 0.0526. The van der Waals surface area contributed by atoms with Crippen LogP contribution in [0.4, 0.5) is 0 Å². The maximum absolute atomic E-state index is 2.29. The third-order valence-corrected chi connectivity index (χ3v) is 3.85. The maximum atomic E-state index is 2.29. The van der Waals surface area contributed by atoms with Gasteiger partial charge in [0.05, 0.1) is 11.0 Å². The zero-order chi connectivity index (χ0) is 13.5. The molecule has 20 heavy (non-hydrogen) atoms. The van der Waals surface area contributed by atoms with Crippen molar-refractivity contribution in [1.82, 2.24) is 4.40 Å². The average molecular weight is 257 g/mol. The molecule has 1 heteroatoms. The van der Waals surface area contributed by atoms with E-state index in [1.54, 1.807) is 0 Å². The van der Waals surface area contributed by atoms with Crippen molar-refractivity contribution in [2.75, 3.05) is 0 Å². The van der Waals surface area contributed by atoms with Gasteiger partial charge in [-0.2, -0.15) is 0 Å². The fourth-order valence-corrected chi connectivity index (χ4v) is 2.91. The van der Waals surface area contributed by atoms with Gasteiger partial charge in [0.15, 0.2) is 0 Å². The Bertz CT molecular complexity index is 915. The minimum atomic E-state index is 1.25. The van der Waals surface area contributed by atoms with Gasteiger partial charge in [-0.15, -0.1) is 0 Å². The van der Waals surface area contributed by atoms with E-state index in [1.165, 1.54) is 33.1 Å². The van der Waals surface area contributed by atoms with Crippen LogP contribution >= 0.6 is 0 Å². The van der Waals surface area contributed by atoms with Crippen molar-refractivity contribution in [2.45, 2.75) is 6.92 Å². The van der Waals surface area contributed by atoms with E-state index >= 15 is 0 Å². The average Bonchev–Trinajstić information content (AvgIpc) is 2.96. The SMILES string of the molecule is Cc1cccc(-c2cc3ccccc3n3cccc23)c1. The molecule has 0 fully saturated rings. The Kier molecular flexibility index (Phi) is 2.40. The highest BCUT2D eigenvalue weighted by Crippen LogP contribution is 2.30. The zero-order valence-corrected chi connectivity index (χ0v) is 11.4. The van der Waals surface area contributed by atoms with Gasteiger partial charge in [-0.25, -0.2) is 0 Å². The van der Waals surface area contributed by atoms with E-state index in [0.29, 0.717) is 0 Å². The van der Waals surface area contributed by atoms with Gasteiger partial charge in [0.25, 0.3) is 0 Å². The number of rotatable bonds is 1. The Labute approximate surface area is 118 Å². The normalized spacial score (nSPS) is 11.2. The molecule has 0 aliphatic rings. The summed E-state index contributed by atoms with van der Waals surface area (Å²) in [5, 5.41) is 1.27. The Morgan fingerprint density at radius 3 is 2.50 bits per heavy atom. The van der Waals surface area contributed by atoms with E-state index in [-0.39, 0.29) is 0 Å². The van der Waals surface area contributed by atoms with E-state index in [2.05, 4.69) is 84.3 Å². The Balaban J connectivity index is 2.14. The lowest BCUT2D eigenvalue weighted by Gasteiger charge is -2.10. The number of hydrogen-bond acceptors (Lipinski definition) is 0. The summed E-state index contributed by atoms with van der Waals surface area (Å²) in [4.78, 5) is 0. The van der Waals surface area contributed by atoms with Crippen LogP contribution in [0, 0.1) is 6.92 Å². The van der Waals surface area contributed by atoms with E-state index in [4.69, 9.17) is 0 Å². The third-order valence-electron chi connectivity index (χ3n) is 3.85. The monoisotopic (exact) mass is 257 g/mol. The molecule has 2 aromatic heterocycles. The molecule has 4 aromatic rings. The highest BCUT2D eigenvalue weighted by molar-refractivity contribution is 5.93. The highest BCUT2D eigenvalue weighted by atomic mass is 14.9. The quantitative estimate of drug-likeness (QED) is 0.448. The molecule has 0 atom stereocenters. The molecule has 96 valence electrons. The van der Waals surface area contributed by atoms with Gasteiger partial charge in [0.1, 0.15) is 0 Å². The molecule has 0 spiro atoms. The van der Waals surface area contributed by atoms with Crippen molar-refractivity contribution in [2.24, 2.45) is 0 Å². The van der Waals surface area contributed by atoms with Crippen molar-refractivity contribution < 1.29 is 0 Å². The minimum Gasteiger partial charge on any atom is -0.316 e. The van der Waals surface area contributed by atoms with Crippen LogP contribution in [0.2, 0.25) is 0 Å². The number of aromatic nitrogens is 1. The minimum absolute atomic E-state index is 1.25.